The van der Waals surface area contributed by atoms with E-state index in [9.17, 15) is 19.6 Å². The molecule has 18 heteroatoms. The summed E-state index contributed by atoms with van der Waals surface area (Å²) in [6.07, 6.45) is 0.912. The van der Waals surface area contributed by atoms with E-state index in [2.05, 4.69) is 15.8 Å². The van der Waals surface area contributed by atoms with Crippen LogP contribution in [0, 0.1) is 24.5 Å². The monoisotopic (exact) mass is 974 g/mol. The van der Waals surface area contributed by atoms with Gasteiger partial charge >= 0.3 is 8.60 Å². The van der Waals surface area contributed by atoms with E-state index in [1.807, 2.05) is 46.4 Å². The minimum Gasteiger partial charge on any atom is -0.485 e. The van der Waals surface area contributed by atoms with Crippen LogP contribution in [0.15, 0.2) is 54.6 Å². The second-order valence-corrected chi connectivity index (χ2v) is 21.2. The minimum atomic E-state index is -2.37. The van der Waals surface area contributed by atoms with Gasteiger partial charge in [0.2, 0.25) is 17.7 Å². The molecule has 0 radical (unpaired) electrons. The molecule has 3 aromatic carbocycles. The van der Waals surface area contributed by atoms with Crippen LogP contribution in [-0.4, -0.2) is 114 Å². The highest BCUT2D eigenvalue weighted by molar-refractivity contribution is 7.41. The lowest BCUT2D eigenvalue weighted by atomic mass is 9.85. The van der Waals surface area contributed by atoms with Crippen LogP contribution in [0.25, 0.3) is 9.69 Å². The third-order valence-electron chi connectivity index (χ3n) is 14.1. The summed E-state index contributed by atoms with van der Waals surface area (Å²) in [6.45, 7) is 28.8. The highest BCUT2D eigenvalue weighted by atomic mass is 31.2. The summed E-state index contributed by atoms with van der Waals surface area (Å²) in [5, 5.41) is 9.96. The molecule has 0 bridgehead atoms. The Bertz CT molecular complexity index is 2540. The fourth-order valence-corrected chi connectivity index (χ4v) is 12.3. The predicted molar refractivity (Wildman–Crippen MR) is 255 cm³/mol. The summed E-state index contributed by atoms with van der Waals surface area (Å²) in [4.78, 5) is 53.3. The Morgan fingerprint density at radius 1 is 0.614 bits per heavy atom. The highest BCUT2D eigenvalue weighted by Gasteiger charge is 2.55. The third kappa shape index (κ3) is 9.54. The molecule has 0 spiro atoms. The molecule has 17 nitrogen and oxygen atoms in total. The molecule has 0 aromatic heterocycles. The molecule has 1 unspecified atom stereocenters. The van der Waals surface area contributed by atoms with Crippen molar-refractivity contribution in [2.24, 2.45) is 0 Å². The first kappa shape index (κ1) is 49.2. The van der Waals surface area contributed by atoms with Crippen LogP contribution in [0.1, 0.15) is 120 Å². The molecular weight excluding hydrogens is 916 g/mol. The van der Waals surface area contributed by atoms with Gasteiger partial charge in [-0.05, 0) is 103 Å². The molecule has 3 amide bonds. The Morgan fingerprint density at radius 3 is 1.46 bits per heavy atom. The Labute approximate surface area is 410 Å². The quantitative estimate of drug-likeness (QED) is 0.0807. The van der Waals surface area contributed by atoms with Crippen molar-refractivity contribution >= 4 is 37.7 Å². The number of fused-ring (bicyclic) bond motifs is 3. The van der Waals surface area contributed by atoms with E-state index in [1.54, 1.807) is 64.4 Å². The van der Waals surface area contributed by atoms with Crippen molar-refractivity contribution in [3.8, 4) is 23.3 Å². The van der Waals surface area contributed by atoms with Gasteiger partial charge in [-0.3, -0.25) is 14.4 Å². The molecule has 3 fully saturated rings. The van der Waals surface area contributed by atoms with Crippen molar-refractivity contribution in [1.82, 2.24) is 14.7 Å². The standard InChI is InChI=1S/C52H59N6O11P/c1-50(2)47(44(56-21-9-12-41(56)59)36-29-33(54-7)16-19-39(36)65-50)63-26-24-62-25-27-64-70(68-48-45(57-22-10-13-42(57)60)35-28-32(31-53)15-18-38(35)66-51(48,3)4)69-49-46(58-23-11-14-43(58)61)37-30-34(55-8)17-20-40(37)67-52(49,5)6/h15-20,28-30,44-49H,9-14,21-27H2,1-6H3/t44-,45-,46-,47+,48+,49+,70?/m1/s1. The molecular formula is C52H59N6O11P. The molecule has 368 valence electrons. The average Bonchev–Trinajstić information content (AvgIpc) is 4.08. The lowest BCUT2D eigenvalue weighted by molar-refractivity contribution is -0.151. The Hall–Kier alpha value is -5.83. The normalized spacial score (nSPS) is 26.4. The highest BCUT2D eigenvalue weighted by Crippen LogP contribution is 2.57. The number of ether oxygens (including phenoxy) is 5. The van der Waals surface area contributed by atoms with Gasteiger partial charge in [0.1, 0.15) is 52.4 Å². The number of nitrogens with zero attached hydrogens (tertiary/aromatic N) is 6. The van der Waals surface area contributed by atoms with Crippen molar-refractivity contribution in [3.05, 3.63) is 99.7 Å². The zero-order valence-electron chi connectivity index (χ0n) is 40.5. The summed E-state index contributed by atoms with van der Waals surface area (Å²) in [7, 11) is -2.37. The molecule has 9 rings (SSSR count). The van der Waals surface area contributed by atoms with Gasteiger partial charge in [0.25, 0.3) is 0 Å². The van der Waals surface area contributed by atoms with E-state index in [4.69, 9.17) is 50.4 Å². The zero-order valence-corrected chi connectivity index (χ0v) is 41.4. The first-order valence-corrected chi connectivity index (χ1v) is 25.1. The number of carbonyl (C=O) groups excluding carboxylic acids is 3. The minimum absolute atomic E-state index is 0.00230. The van der Waals surface area contributed by atoms with Crippen LogP contribution < -0.4 is 14.2 Å². The molecule has 0 aliphatic carbocycles. The molecule has 6 heterocycles. The number of hydrogen-bond donors (Lipinski definition) is 0. The number of carbonyl (C=O) groups is 3. The number of benzene rings is 3. The number of amides is 3. The van der Waals surface area contributed by atoms with Gasteiger partial charge in [0.15, 0.2) is 11.4 Å². The lowest BCUT2D eigenvalue weighted by Gasteiger charge is -2.50. The van der Waals surface area contributed by atoms with Crippen molar-refractivity contribution < 1.29 is 51.6 Å². The van der Waals surface area contributed by atoms with Crippen molar-refractivity contribution in [2.75, 3.05) is 46.1 Å². The second-order valence-electron chi connectivity index (χ2n) is 20.1. The van der Waals surface area contributed by atoms with Gasteiger partial charge in [0, 0.05) is 55.6 Å². The molecule has 7 atom stereocenters. The van der Waals surface area contributed by atoms with Crippen LogP contribution in [0.4, 0.5) is 11.4 Å². The van der Waals surface area contributed by atoms with Crippen LogP contribution >= 0.6 is 8.60 Å². The van der Waals surface area contributed by atoms with E-state index in [1.165, 1.54) is 0 Å². The largest absolute Gasteiger partial charge is 0.485 e. The van der Waals surface area contributed by atoms with E-state index < -0.39 is 61.8 Å². The maximum Gasteiger partial charge on any atom is 0.333 e. The van der Waals surface area contributed by atoms with Gasteiger partial charge in [-0.25, -0.2) is 9.69 Å². The zero-order chi connectivity index (χ0) is 49.5. The van der Waals surface area contributed by atoms with Gasteiger partial charge in [0.05, 0.1) is 69.3 Å². The molecule has 6 aliphatic rings. The number of hydrogen-bond acceptors (Lipinski definition) is 12. The van der Waals surface area contributed by atoms with Crippen molar-refractivity contribution in [3.63, 3.8) is 0 Å². The second kappa shape index (κ2) is 19.8. The molecule has 6 aliphatic heterocycles. The topological polar surface area (TPSA) is 167 Å². The molecule has 0 saturated carbocycles. The smallest absolute Gasteiger partial charge is 0.333 e. The van der Waals surface area contributed by atoms with Crippen LogP contribution in [0.3, 0.4) is 0 Å². The first-order valence-electron chi connectivity index (χ1n) is 24.0. The SMILES string of the molecule is [C-]#[N+]c1ccc2c(c1)[C@@H](N1CCCC1=O)[C@H](OCCOCCOP(O[C@H]1[C@H](N3CCCC3=O)c3cc(C#N)ccc3OC1(C)C)O[C@H]1[C@H](N3CCCC3=O)c3cc([N+]#[C-])ccc3OC1(C)C)C(C)(C)O2. The summed E-state index contributed by atoms with van der Waals surface area (Å²) < 4.78 is 53.2. The summed E-state index contributed by atoms with van der Waals surface area (Å²) in [6, 6.07) is 16.1. The fourth-order valence-electron chi connectivity index (χ4n) is 10.8. The Balaban J connectivity index is 0.974. The predicted octanol–water partition coefficient (Wildman–Crippen LogP) is 8.98. The van der Waals surface area contributed by atoms with Crippen molar-refractivity contribution in [1.29, 1.82) is 5.26 Å². The summed E-state index contributed by atoms with van der Waals surface area (Å²) in [5.41, 5.74) is 0.334. The van der Waals surface area contributed by atoms with Crippen molar-refractivity contribution in [2.45, 2.75) is 133 Å². The van der Waals surface area contributed by atoms with E-state index in [0.29, 0.717) is 97.1 Å². The van der Waals surface area contributed by atoms with Crippen LogP contribution in [-0.2, 0) is 37.4 Å². The van der Waals surface area contributed by atoms with E-state index in [-0.39, 0.29) is 44.1 Å². The lowest BCUT2D eigenvalue weighted by Crippen LogP contribution is -2.56. The number of nitriles is 1. The molecule has 70 heavy (non-hydrogen) atoms. The molecule has 3 aromatic rings. The number of rotatable bonds is 15. The Morgan fingerprint density at radius 2 is 1.03 bits per heavy atom. The number of likely N-dealkylation sites (tertiary alicyclic amines) is 3. The maximum absolute atomic E-state index is 13.7. The first-order chi connectivity index (χ1) is 33.5. The summed E-state index contributed by atoms with van der Waals surface area (Å²) in [5.74, 6) is 1.63. The van der Waals surface area contributed by atoms with E-state index in [0.717, 1.165) is 12.0 Å². The van der Waals surface area contributed by atoms with Gasteiger partial charge in [-0.2, -0.15) is 5.26 Å². The van der Waals surface area contributed by atoms with Gasteiger partial charge < -0.3 is 52.0 Å². The van der Waals surface area contributed by atoms with Crippen LogP contribution in [0.5, 0.6) is 17.2 Å². The fraction of sp³-hybridized carbons (Fsp3) is 0.538. The molecule has 3 saturated heterocycles. The third-order valence-corrected chi connectivity index (χ3v) is 15.3. The average molecular weight is 975 g/mol. The van der Waals surface area contributed by atoms with Gasteiger partial charge in [-0.15, -0.1) is 0 Å². The van der Waals surface area contributed by atoms with E-state index >= 15 is 0 Å². The maximum atomic E-state index is 13.7. The Kier molecular flexibility index (Phi) is 13.9. The van der Waals surface area contributed by atoms with Crippen LogP contribution in [0.2, 0.25) is 0 Å². The van der Waals surface area contributed by atoms with Gasteiger partial charge in [-0.1, -0.05) is 12.1 Å². The molecule has 0 N–H and O–H groups in total. The summed E-state index contributed by atoms with van der Waals surface area (Å²) >= 11 is 0.